The number of aromatic nitrogens is 3. The van der Waals surface area contributed by atoms with E-state index in [4.69, 9.17) is 0 Å². The Kier molecular flexibility index (Phi) is 6.82. The molecule has 0 spiro atoms. The van der Waals surface area contributed by atoms with Crippen molar-refractivity contribution in [3.8, 4) is 0 Å². The van der Waals surface area contributed by atoms with Gasteiger partial charge in [0.1, 0.15) is 0 Å². The fraction of sp³-hybridized carbons (Fsp3) is 0.273. The van der Waals surface area contributed by atoms with Crippen molar-refractivity contribution in [3.63, 3.8) is 0 Å². The number of nitrogens with zero attached hydrogens (tertiary/aromatic N) is 3. The maximum absolute atomic E-state index is 12.5. The average molecular weight is 409 g/mol. The minimum Gasteiger partial charge on any atom is -0.342 e. The highest BCUT2D eigenvalue weighted by molar-refractivity contribution is 7.99. The van der Waals surface area contributed by atoms with Crippen LogP contribution in [0.25, 0.3) is 0 Å². The first-order valence-corrected chi connectivity index (χ1v) is 10.5. The van der Waals surface area contributed by atoms with E-state index in [2.05, 4.69) is 15.5 Å². The second-order valence-corrected chi connectivity index (χ2v) is 7.67. The van der Waals surface area contributed by atoms with Crippen molar-refractivity contribution in [2.45, 2.75) is 38.5 Å². The highest BCUT2D eigenvalue weighted by Crippen LogP contribution is 2.22. The molecule has 1 N–H and O–H groups in total. The van der Waals surface area contributed by atoms with Crippen molar-refractivity contribution in [1.29, 1.82) is 0 Å². The molecule has 1 amide bonds. The van der Waals surface area contributed by atoms with Gasteiger partial charge in [0, 0.05) is 17.7 Å². The van der Waals surface area contributed by atoms with Crippen LogP contribution in [0.1, 0.15) is 52.0 Å². The van der Waals surface area contributed by atoms with Crippen molar-refractivity contribution in [2.75, 3.05) is 5.75 Å². The van der Waals surface area contributed by atoms with Crippen LogP contribution in [0, 0.1) is 6.92 Å². The first-order chi connectivity index (χ1) is 14.0. The summed E-state index contributed by atoms with van der Waals surface area (Å²) in [7, 11) is 0. The number of Topliss-reactive ketones (excluding diaryl/α,β-unsaturated/α-hetero) is 1. The molecule has 0 bridgehead atoms. The molecular formula is C22H24N4O2S. The van der Waals surface area contributed by atoms with Crippen molar-refractivity contribution < 1.29 is 9.59 Å². The Morgan fingerprint density at radius 1 is 1.03 bits per heavy atom. The maximum atomic E-state index is 12.5. The van der Waals surface area contributed by atoms with Crippen LogP contribution in [-0.4, -0.2) is 32.2 Å². The number of carbonyl (C=O) groups excluding carboxylic acids is 2. The summed E-state index contributed by atoms with van der Waals surface area (Å²) in [6, 6.07) is 16.3. The Labute approximate surface area is 174 Å². The van der Waals surface area contributed by atoms with Crippen LogP contribution in [0.2, 0.25) is 0 Å². The molecule has 29 heavy (non-hydrogen) atoms. The second kappa shape index (κ2) is 9.52. The minimum atomic E-state index is -0.310. The zero-order valence-electron chi connectivity index (χ0n) is 16.8. The van der Waals surface area contributed by atoms with Gasteiger partial charge in [-0.05, 0) is 32.9 Å². The van der Waals surface area contributed by atoms with E-state index in [1.165, 1.54) is 11.8 Å². The third kappa shape index (κ3) is 5.12. The largest absolute Gasteiger partial charge is 0.342 e. The first kappa shape index (κ1) is 20.8. The van der Waals surface area contributed by atoms with Gasteiger partial charge < -0.3 is 9.88 Å². The number of benzene rings is 2. The van der Waals surface area contributed by atoms with Crippen molar-refractivity contribution in [1.82, 2.24) is 20.1 Å². The van der Waals surface area contributed by atoms with Crippen molar-refractivity contribution in [3.05, 3.63) is 77.1 Å². The molecule has 1 atom stereocenters. The number of hydrogen-bond donors (Lipinski definition) is 1. The zero-order valence-corrected chi connectivity index (χ0v) is 17.6. The highest BCUT2D eigenvalue weighted by Gasteiger charge is 2.20. The van der Waals surface area contributed by atoms with Crippen molar-refractivity contribution >= 4 is 23.5 Å². The lowest BCUT2D eigenvalue weighted by Gasteiger charge is -2.15. The second-order valence-electron chi connectivity index (χ2n) is 6.72. The quantitative estimate of drug-likeness (QED) is 0.449. The van der Waals surface area contributed by atoms with Gasteiger partial charge in [-0.1, -0.05) is 59.8 Å². The van der Waals surface area contributed by atoms with Gasteiger partial charge in [-0.3, -0.25) is 9.59 Å². The normalized spacial score (nSPS) is 11.8. The predicted octanol–water partition coefficient (Wildman–Crippen LogP) is 4.07. The first-order valence-electron chi connectivity index (χ1n) is 9.51. The van der Waals surface area contributed by atoms with Gasteiger partial charge in [0.15, 0.2) is 16.8 Å². The van der Waals surface area contributed by atoms with Gasteiger partial charge in [-0.15, -0.1) is 10.2 Å². The number of ketones is 1. The van der Waals surface area contributed by atoms with E-state index in [0.29, 0.717) is 28.7 Å². The summed E-state index contributed by atoms with van der Waals surface area (Å²) in [5, 5.41) is 12.1. The van der Waals surface area contributed by atoms with Gasteiger partial charge in [0.2, 0.25) is 0 Å². The molecule has 1 heterocycles. The number of aryl methyl sites for hydroxylation is 1. The fourth-order valence-corrected chi connectivity index (χ4v) is 3.82. The molecule has 0 aliphatic carbocycles. The highest BCUT2D eigenvalue weighted by atomic mass is 32.2. The number of nitrogens with one attached hydrogen (secondary N) is 1. The summed E-state index contributed by atoms with van der Waals surface area (Å²) in [5.41, 5.74) is 2.39. The molecule has 7 heteroatoms. The van der Waals surface area contributed by atoms with Crippen LogP contribution in [0.4, 0.5) is 0 Å². The van der Waals surface area contributed by atoms with Crippen LogP contribution in [-0.2, 0) is 6.54 Å². The van der Waals surface area contributed by atoms with E-state index in [-0.39, 0.29) is 23.5 Å². The van der Waals surface area contributed by atoms with Crippen LogP contribution < -0.4 is 5.32 Å². The number of thioether (sulfide) groups is 1. The molecule has 6 nitrogen and oxygen atoms in total. The van der Waals surface area contributed by atoms with Gasteiger partial charge in [0.05, 0.1) is 11.8 Å². The summed E-state index contributed by atoms with van der Waals surface area (Å²) >= 11 is 1.36. The lowest BCUT2D eigenvalue weighted by molar-refractivity contribution is 0.0936. The topological polar surface area (TPSA) is 76.9 Å². The number of hydrogen-bond acceptors (Lipinski definition) is 5. The molecule has 0 saturated heterocycles. The molecule has 0 saturated carbocycles. The maximum Gasteiger partial charge on any atom is 0.251 e. The third-order valence-corrected chi connectivity index (χ3v) is 5.51. The Balaban J connectivity index is 1.67. The molecular weight excluding hydrogens is 384 g/mol. The molecule has 3 aromatic rings. The average Bonchev–Trinajstić information content (AvgIpc) is 3.16. The molecule has 0 radical (unpaired) electrons. The molecule has 0 unspecified atom stereocenters. The number of amides is 1. The lowest BCUT2D eigenvalue weighted by atomic mass is 10.1. The third-order valence-electron chi connectivity index (χ3n) is 4.54. The van der Waals surface area contributed by atoms with Crippen LogP contribution in [0.15, 0.2) is 59.8 Å². The van der Waals surface area contributed by atoms with E-state index in [9.17, 15) is 9.59 Å². The van der Waals surface area contributed by atoms with E-state index in [0.717, 1.165) is 5.56 Å². The Bertz CT molecular complexity index is 984. The van der Waals surface area contributed by atoms with Gasteiger partial charge in [-0.25, -0.2) is 0 Å². The molecule has 0 fully saturated rings. The summed E-state index contributed by atoms with van der Waals surface area (Å²) in [6.45, 7) is 6.50. The van der Waals surface area contributed by atoms with Crippen LogP contribution in [0.3, 0.4) is 0 Å². The summed E-state index contributed by atoms with van der Waals surface area (Å²) in [6.07, 6.45) is 0. The molecule has 2 aromatic carbocycles. The number of rotatable bonds is 8. The Morgan fingerprint density at radius 3 is 2.38 bits per heavy atom. The van der Waals surface area contributed by atoms with E-state index in [1.54, 1.807) is 12.1 Å². The smallest absolute Gasteiger partial charge is 0.251 e. The number of carbonyl (C=O) groups is 2. The molecule has 3 rings (SSSR count). The Morgan fingerprint density at radius 2 is 1.72 bits per heavy atom. The van der Waals surface area contributed by atoms with Gasteiger partial charge >= 0.3 is 0 Å². The fourth-order valence-electron chi connectivity index (χ4n) is 2.91. The standard InChI is InChI=1S/C22H24N4O2S/c1-4-26-20(16(3)23-21(28)18-12-10-15(2)11-13-18)24-25-22(26)29-14-19(27)17-8-6-5-7-9-17/h5-13,16H,4,14H2,1-3H3,(H,23,28)/t16-/m1/s1. The Hall–Kier alpha value is -2.93. The minimum absolute atomic E-state index is 0.0449. The van der Waals surface area contributed by atoms with Crippen molar-refractivity contribution in [2.24, 2.45) is 0 Å². The lowest BCUT2D eigenvalue weighted by Crippen LogP contribution is -2.28. The zero-order chi connectivity index (χ0) is 20.8. The van der Waals surface area contributed by atoms with Crippen LogP contribution in [0.5, 0.6) is 0 Å². The van der Waals surface area contributed by atoms with E-state index >= 15 is 0 Å². The van der Waals surface area contributed by atoms with Gasteiger partial charge in [0.25, 0.3) is 5.91 Å². The van der Waals surface area contributed by atoms with Gasteiger partial charge in [-0.2, -0.15) is 0 Å². The SMILES string of the molecule is CCn1c(SCC(=O)c2ccccc2)nnc1[C@@H](C)NC(=O)c1ccc(C)cc1. The van der Waals surface area contributed by atoms with E-state index < -0.39 is 0 Å². The molecule has 1 aromatic heterocycles. The predicted molar refractivity (Wildman–Crippen MR) is 114 cm³/mol. The summed E-state index contributed by atoms with van der Waals surface area (Å²) in [4.78, 5) is 24.8. The molecule has 0 aliphatic heterocycles. The molecule has 0 aliphatic rings. The van der Waals surface area contributed by atoms with E-state index in [1.807, 2.05) is 67.8 Å². The van der Waals surface area contributed by atoms with Crippen LogP contribution >= 0.6 is 11.8 Å². The molecule has 150 valence electrons. The monoisotopic (exact) mass is 408 g/mol. The summed E-state index contributed by atoms with van der Waals surface area (Å²) in [5.74, 6) is 0.842. The summed E-state index contributed by atoms with van der Waals surface area (Å²) < 4.78 is 1.93.